The molecule has 0 unspecified atom stereocenters. The zero-order valence-electron chi connectivity index (χ0n) is 9.86. The first kappa shape index (κ1) is 12.0. The van der Waals surface area contributed by atoms with Gasteiger partial charge in [0.25, 0.3) is 0 Å². The van der Waals surface area contributed by atoms with Gasteiger partial charge in [-0.25, -0.2) is 9.13 Å². The van der Waals surface area contributed by atoms with Gasteiger partial charge >= 0.3 is 0 Å². The monoisotopic (exact) mass is 207 g/mol. The molecule has 1 rings (SSSR count). The van der Waals surface area contributed by atoms with Crippen LogP contribution in [0.25, 0.3) is 6.20 Å². The summed E-state index contributed by atoms with van der Waals surface area (Å²) in [6, 6.07) is 0. The molecule has 0 bridgehead atoms. The summed E-state index contributed by atoms with van der Waals surface area (Å²) in [5, 5.41) is 0. The van der Waals surface area contributed by atoms with Crippen molar-refractivity contribution in [3.05, 3.63) is 25.3 Å². The number of aromatic nitrogens is 2. The smallest absolute Gasteiger partial charge is 0.236 e. The average molecular weight is 207 g/mol. The number of hydrogen-bond acceptors (Lipinski definition) is 0. The molecule has 0 saturated heterocycles. The molecule has 0 fully saturated rings. The van der Waals surface area contributed by atoms with Crippen molar-refractivity contribution in [2.75, 3.05) is 0 Å². The van der Waals surface area contributed by atoms with Crippen LogP contribution in [-0.2, 0) is 6.54 Å². The van der Waals surface area contributed by atoms with Crippen LogP contribution in [0.15, 0.2) is 25.3 Å². The Labute approximate surface area is 93.2 Å². The van der Waals surface area contributed by atoms with Crippen molar-refractivity contribution in [3.8, 4) is 0 Å². The second-order valence-electron chi connectivity index (χ2n) is 4.05. The Morgan fingerprint density at radius 3 is 2.60 bits per heavy atom. The van der Waals surface area contributed by atoms with E-state index in [0.717, 1.165) is 6.54 Å². The summed E-state index contributed by atoms with van der Waals surface area (Å²) in [5.74, 6) is 0. The van der Waals surface area contributed by atoms with Gasteiger partial charge in [0.05, 0.1) is 12.7 Å². The topological polar surface area (TPSA) is 8.81 Å². The van der Waals surface area contributed by atoms with Crippen LogP contribution in [0.5, 0.6) is 0 Å². The number of aryl methyl sites for hydroxylation is 1. The fraction of sp³-hybridized carbons (Fsp3) is 0.615. The number of rotatable bonds is 8. The van der Waals surface area contributed by atoms with Crippen molar-refractivity contribution in [1.82, 2.24) is 4.57 Å². The third kappa shape index (κ3) is 4.82. The molecule has 0 atom stereocenters. The minimum Gasteiger partial charge on any atom is -0.236 e. The Morgan fingerprint density at radius 2 is 1.93 bits per heavy atom. The van der Waals surface area contributed by atoms with E-state index in [0.29, 0.717) is 0 Å². The van der Waals surface area contributed by atoms with Crippen LogP contribution in [0.3, 0.4) is 0 Å². The predicted molar refractivity (Wildman–Crippen MR) is 64.4 cm³/mol. The first-order valence-corrected chi connectivity index (χ1v) is 6.06. The number of unbranched alkanes of at least 4 members (excludes halogenated alkanes) is 5. The standard InChI is InChI=1S/C13H23N2/c1-3-5-6-7-8-9-10-15-12-11-14(4-2)13-15/h4,11-13H,2-3,5-10H2,1H3/q+1. The summed E-state index contributed by atoms with van der Waals surface area (Å²) >= 11 is 0. The van der Waals surface area contributed by atoms with Crippen LogP contribution < -0.4 is 4.57 Å². The van der Waals surface area contributed by atoms with Gasteiger partial charge in [-0.1, -0.05) is 39.2 Å². The summed E-state index contributed by atoms with van der Waals surface area (Å²) in [5.41, 5.74) is 0. The van der Waals surface area contributed by atoms with Crippen LogP contribution >= 0.6 is 0 Å². The van der Waals surface area contributed by atoms with Crippen molar-refractivity contribution < 1.29 is 4.57 Å². The van der Waals surface area contributed by atoms with Crippen molar-refractivity contribution in [1.29, 1.82) is 0 Å². The molecule has 0 aromatic carbocycles. The SMILES string of the molecule is C=Cn1cc[n+](CCCCCCCC)c1. The Bertz CT molecular complexity index is 276. The molecule has 0 N–H and O–H groups in total. The van der Waals surface area contributed by atoms with E-state index in [2.05, 4.69) is 30.6 Å². The highest BCUT2D eigenvalue weighted by molar-refractivity contribution is 5.12. The predicted octanol–water partition coefficient (Wildman–Crippen LogP) is 3.24. The molecule has 1 heterocycles. The molecule has 0 saturated carbocycles. The molecule has 0 aliphatic carbocycles. The fourth-order valence-electron chi connectivity index (χ4n) is 1.73. The Kier molecular flexibility index (Phi) is 5.83. The van der Waals surface area contributed by atoms with Gasteiger partial charge in [-0.05, 0) is 12.8 Å². The van der Waals surface area contributed by atoms with E-state index < -0.39 is 0 Å². The Balaban J connectivity index is 2.07. The summed E-state index contributed by atoms with van der Waals surface area (Å²) in [7, 11) is 0. The highest BCUT2D eigenvalue weighted by Gasteiger charge is 1.99. The fourth-order valence-corrected chi connectivity index (χ4v) is 1.73. The van der Waals surface area contributed by atoms with Crippen molar-refractivity contribution >= 4 is 6.20 Å². The number of hydrogen-bond donors (Lipinski definition) is 0. The molecule has 0 aliphatic rings. The van der Waals surface area contributed by atoms with Gasteiger partial charge < -0.3 is 0 Å². The Morgan fingerprint density at radius 1 is 1.20 bits per heavy atom. The van der Waals surface area contributed by atoms with E-state index in [1.165, 1.54) is 38.5 Å². The minimum absolute atomic E-state index is 1.13. The van der Waals surface area contributed by atoms with Gasteiger partial charge in [0, 0.05) is 0 Å². The van der Waals surface area contributed by atoms with Crippen LogP contribution in [-0.4, -0.2) is 4.57 Å². The second kappa shape index (κ2) is 7.27. The average Bonchev–Trinajstić information content (AvgIpc) is 2.71. The highest BCUT2D eigenvalue weighted by atomic mass is 15.1. The largest absolute Gasteiger partial charge is 0.248 e. The summed E-state index contributed by atoms with van der Waals surface area (Å²) in [6.07, 6.45) is 16.2. The summed E-state index contributed by atoms with van der Waals surface area (Å²) < 4.78 is 4.21. The number of imidazole rings is 1. The van der Waals surface area contributed by atoms with Crippen LogP contribution in [0, 0.1) is 0 Å². The van der Waals surface area contributed by atoms with Gasteiger partial charge in [-0.2, -0.15) is 0 Å². The van der Waals surface area contributed by atoms with Crippen molar-refractivity contribution in [2.24, 2.45) is 0 Å². The van der Waals surface area contributed by atoms with Gasteiger partial charge in [0.15, 0.2) is 0 Å². The molecule has 1 aromatic heterocycles. The van der Waals surface area contributed by atoms with E-state index in [1.54, 1.807) is 0 Å². The van der Waals surface area contributed by atoms with E-state index in [1.807, 2.05) is 17.0 Å². The maximum atomic E-state index is 3.72. The zero-order valence-corrected chi connectivity index (χ0v) is 9.86. The van der Waals surface area contributed by atoms with Gasteiger partial charge in [-0.3, -0.25) is 0 Å². The maximum absolute atomic E-state index is 3.72. The van der Waals surface area contributed by atoms with Gasteiger partial charge in [0.1, 0.15) is 12.4 Å². The molecule has 84 valence electrons. The number of nitrogens with zero attached hydrogens (tertiary/aromatic N) is 2. The minimum atomic E-state index is 1.13. The molecular formula is C13H23N2+. The lowest BCUT2D eigenvalue weighted by Crippen LogP contribution is -2.30. The molecule has 0 spiro atoms. The quantitative estimate of drug-likeness (QED) is 0.457. The zero-order chi connectivity index (χ0) is 10.9. The second-order valence-corrected chi connectivity index (χ2v) is 4.05. The van der Waals surface area contributed by atoms with Crippen LogP contribution in [0.2, 0.25) is 0 Å². The molecule has 0 radical (unpaired) electrons. The first-order chi connectivity index (χ1) is 7.36. The molecular weight excluding hydrogens is 184 g/mol. The molecule has 2 nitrogen and oxygen atoms in total. The van der Waals surface area contributed by atoms with Crippen molar-refractivity contribution in [2.45, 2.75) is 52.0 Å². The van der Waals surface area contributed by atoms with Crippen LogP contribution in [0.1, 0.15) is 45.4 Å². The lowest BCUT2D eigenvalue weighted by molar-refractivity contribution is -0.696. The third-order valence-electron chi connectivity index (χ3n) is 2.69. The molecule has 15 heavy (non-hydrogen) atoms. The summed E-state index contributed by atoms with van der Waals surface area (Å²) in [6.45, 7) is 7.11. The lowest BCUT2D eigenvalue weighted by atomic mass is 10.1. The summed E-state index contributed by atoms with van der Waals surface area (Å²) in [4.78, 5) is 0. The normalized spacial score (nSPS) is 10.5. The Hall–Kier alpha value is -1.05. The van der Waals surface area contributed by atoms with E-state index in [9.17, 15) is 0 Å². The maximum Gasteiger partial charge on any atom is 0.248 e. The lowest BCUT2D eigenvalue weighted by Gasteiger charge is -1.98. The van der Waals surface area contributed by atoms with E-state index >= 15 is 0 Å². The highest BCUT2D eigenvalue weighted by Crippen LogP contribution is 2.04. The molecule has 0 amide bonds. The van der Waals surface area contributed by atoms with E-state index in [-0.39, 0.29) is 0 Å². The first-order valence-electron chi connectivity index (χ1n) is 6.06. The van der Waals surface area contributed by atoms with E-state index in [4.69, 9.17) is 0 Å². The molecule has 1 aromatic rings. The molecule has 0 aliphatic heterocycles. The van der Waals surface area contributed by atoms with Gasteiger partial charge in [0.2, 0.25) is 6.33 Å². The van der Waals surface area contributed by atoms with Crippen LogP contribution in [0.4, 0.5) is 0 Å². The molecule has 2 heteroatoms. The third-order valence-corrected chi connectivity index (χ3v) is 2.69. The van der Waals surface area contributed by atoms with Crippen molar-refractivity contribution in [3.63, 3.8) is 0 Å². The van der Waals surface area contributed by atoms with Gasteiger partial charge in [-0.15, -0.1) is 0 Å².